The van der Waals surface area contributed by atoms with E-state index in [4.69, 9.17) is 4.98 Å². The standard InChI is InChI=1S/C25H22N6OS/c1-17-11-13-26-21(15-17)27-22(32)16-33-25-28-24-23(29-30-25)19-9-5-6-10-20(19)31(24)14-12-18-7-3-2-4-8-18/h2-11,13,15H,12,14,16H2,1H3,(H,26,27,32). The summed E-state index contributed by atoms with van der Waals surface area (Å²) >= 11 is 1.26. The first-order valence-corrected chi connectivity index (χ1v) is 11.7. The minimum absolute atomic E-state index is 0.161. The molecule has 0 radical (unpaired) electrons. The molecule has 5 rings (SSSR count). The maximum absolute atomic E-state index is 12.4. The van der Waals surface area contributed by atoms with Crippen molar-refractivity contribution in [3.8, 4) is 0 Å². The van der Waals surface area contributed by atoms with Crippen molar-refractivity contribution in [1.82, 2.24) is 24.7 Å². The lowest BCUT2D eigenvalue weighted by Gasteiger charge is -2.07. The van der Waals surface area contributed by atoms with Crippen molar-refractivity contribution < 1.29 is 4.79 Å². The van der Waals surface area contributed by atoms with E-state index in [1.54, 1.807) is 6.20 Å². The van der Waals surface area contributed by atoms with Crippen molar-refractivity contribution in [2.24, 2.45) is 0 Å². The Morgan fingerprint density at radius 2 is 1.85 bits per heavy atom. The number of carbonyl (C=O) groups excluding carboxylic acids is 1. The lowest BCUT2D eigenvalue weighted by molar-refractivity contribution is -0.113. The largest absolute Gasteiger partial charge is 0.323 e. The van der Waals surface area contributed by atoms with Crippen molar-refractivity contribution in [2.45, 2.75) is 25.0 Å². The maximum atomic E-state index is 12.4. The number of pyridine rings is 1. The fraction of sp³-hybridized carbons (Fsp3) is 0.160. The topological polar surface area (TPSA) is 85.6 Å². The molecule has 5 aromatic rings. The molecular weight excluding hydrogens is 432 g/mol. The maximum Gasteiger partial charge on any atom is 0.236 e. The Morgan fingerprint density at radius 3 is 2.70 bits per heavy atom. The van der Waals surface area contributed by atoms with Gasteiger partial charge in [-0.3, -0.25) is 4.79 Å². The third-order valence-corrected chi connectivity index (χ3v) is 6.17. The van der Waals surface area contributed by atoms with Gasteiger partial charge < -0.3 is 9.88 Å². The number of aryl methyl sites for hydroxylation is 3. The molecule has 8 heteroatoms. The van der Waals surface area contributed by atoms with Crippen LogP contribution in [0.2, 0.25) is 0 Å². The summed E-state index contributed by atoms with van der Waals surface area (Å²) in [6.07, 6.45) is 2.56. The van der Waals surface area contributed by atoms with E-state index >= 15 is 0 Å². The Morgan fingerprint density at radius 1 is 1.03 bits per heavy atom. The van der Waals surface area contributed by atoms with E-state index < -0.39 is 0 Å². The normalized spacial score (nSPS) is 11.2. The van der Waals surface area contributed by atoms with Gasteiger partial charge in [0.25, 0.3) is 0 Å². The lowest BCUT2D eigenvalue weighted by Crippen LogP contribution is -2.15. The van der Waals surface area contributed by atoms with Crippen LogP contribution >= 0.6 is 11.8 Å². The summed E-state index contributed by atoms with van der Waals surface area (Å²) in [5.74, 6) is 0.551. The first-order valence-electron chi connectivity index (χ1n) is 10.7. The van der Waals surface area contributed by atoms with Crippen molar-refractivity contribution in [3.63, 3.8) is 0 Å². The van der Waals surface area contributed by atoms with Gasteiger partial charge in [-0.15, -0.1) is 10.2 Å². The van der Waals surface area contributed by atoms with Gasteiger partial charge in [-0.1, -0.05) is 60.3 Å². The van der Waals surface area contributed by atoms with E-state index in [2.05, 4.69) is 55.4 Å². The molecule has 0 saturated heterocycles. The predicted molar refractivity (Wildman–Crippen MR) is 131 cm³/mol. The van der Waals surface area contributed by atoms with Gasteiger partial charge in [0.15, 0.2) is 5.65 Å². The molecular formula is C25H22N6OS. The Labute approximate surface area is 195 Å². The first-order chi connectivity index (χ1) is 16.2. The Kier molecular flexibility index (Phi) is 5.99. The molecule has 1 amide bonds. The van der Waals surface area contributed by atoms with E-state index in [1.807, 2.05) is 43.3 Å². The number of hydrogen-bond donors (Lipinski definition) is 1. The zero-order chi connectivity index (χ0) is 22.6. The third-order valence-electron chi connectivity index (χ3n) is 5.34. The monoisotopic (exact) mass is 454 g/mol. The lowest BCUT2D eigenvalue weighted by atomic mass is 10.1. The van der Waals surface area contributed by atoms with Crippen LogP contribution < -0.4 is 5.32 Å². The van der Waals surface area contributed by atoms with E-state index in [9.17, 15) is 4.79 Å². The second-order valence-electron chi connectivity index (χ2n) is 7.73. The van der Waals surface area contributed by atoms with Crippen molar-refractivity contribution in [1.29, 1.82) is 0 Å². The van der Waals surface area contributed by atoms with Crippen LogP contribution in [-0.2, 0) is 17.8 Å². The summed E-state index contributed by atoms with van der Waals surface area (Å²) < 4.78 is 2.19. The molecule has 0 aliphatic heterocycles. The number of para-hydroxylation sites is 1. The third kappa shape index (κ3) is 4.70. The van der Waals surface area contributed by atoms with E-state index in [-0.39, 0.29) is 11.7 Å². The molecule has 0 aliphatic carbocycles. The van der Waals surface area contributed by atoms with Gasteiger partial charge in [-0.2, -0.15) is 0 Å². The van der Waals surface area contributed by atoms with Crippen molar-refractivity contribution in [3.05, 3.63) is 84.1 Å². The molecule has 0 bridgehead atoms. The molecule has 1 N–H and O–H groups in total. The zero-order valence-corrected chi connectivity index (χ0v) is 18.9. The predicted octanol–water partition coefficient (Wildman–Crippen LogP) is 4.66. The molecule has 0 aliphatic rings. The summed E-state index contributed by atoms with van der Waals surface area (Å²) in [4.78, 5) is 21.3. The molecule has 33 heavy (non-hydrogen) atoms. The highest BCUT2D eigenvalue weighted by Crippen LogP contribution is 2.27. The quantitative estimate of drug-likeness (QED) is 0.360. The van der Waals surface area contributed by atoms with Crippen LogP contribution in [0.5, 0.6) is 0 Å². The molecule has 0 spiro atoms. The van der Waals surface area contributed by atoms with E-state index in [0.29, 0.717) is 11.0 Å². The molecule has 0 fully saturated rings. The average molecular weight is 455 g/mol. The molecule has 7 nitrogen and oxygen atoms in total. The number of fused-ring (bicyclic) bond motifs is 3. The SMILES string of the molecule is Cc1ccnc(NC(=O)CSc2nnc3c4ccccc4n(CCc4ccccc4)c3n2)c1. The van der Waals surface area contributed by atoms with Gasteiger partial charge in [0, 0.05) is 18.1 Å². The Hall–Kier alpha value is -3.78. The van der Waals surface area contributed by atoms with Gasteiger partial charge in [-0.25, -0.2) is 9.97 Å². The number of hydrogen-bond acceptors (Lipinski definition) is 6. The van der Waals surface area contributed by atoms with Gasteiger partial charge in [0.2, 0.25) is 11.1 Å². The summed E-state index contributed by atoms with van der Waals surface area (Å²) in [6.45, 7) is 2.73. The molecule has 0 saturated carbocycles. The average Bonchev–Trinajstić information content (AvgIpc) is 3.15. The Balaban J connectivity index is 1.38. The highest BCUT2D eigenvalue weighted by Gasteiger charge is 2.15. The summed E-state index contributed by atoms with van der Waals surface area (Å²) in [7, 11) is 0. The minimum Gasteiger partial charge on any atom is -0.323 e. The summed E-state index contributed by atoms with van der Waals surface area (Å²) in [5, 5.41) is 13.0. The molecule has 0 atom stereocenters. The number of anilines is 1. The number of amides is 1. The van der Waals surface area contributed by atoms with Crippen LogP contribution in [0.1, 0.15) is 11.1 Å². The highest BCUT2D eigenvalue weighted by molar-refractivity contribution is 7.99. The number of nitrogens with one attached hydrogen (secondary N) is 1. The van der Waals surface area contributed by atoms with E-state index in [0.717, 1.165) is 40.6 Å². The number of thioether (sulfide) groups is 1. The number of nitrogens with zero attached hydrogens (tertiary/aromatic N) is 5. The van der Waals surface area contributed by atoms with Crippen LogP contribution in [0.15, 0.2) is 78.1 Å². The number of rotatable bonds is 7. The summed E-state index contributed by atoms with van der Waals surface area (Å²) in [5.41, 5.74) is 4.94. The smallest absolute Gasteiger partial charge is 0.236 e. The van der Waals surface area contributed by atoms with Gasteiger partial charge >= 0.3 is 0 Å². The molecule has 3 heterocycles. The number of benzene rings is 2. The van der Waals surface area contributed by atoms with Crippen molar-refractivity contribution in [2.75, 3.05) is 11.1 Å². The number of carbonyl (C=O) groups is 1. The van der Waals surface area contributed by atoms with Crippen LogP contribution in [0, 0.1) is 6.92 Å². The fourth-order valence-electron chi connectivity index (χ4n) is 3.78. The first kappa shape index (κ1) is 21.1. The Bertz CT molecular complexity index is 1430. The minimum atomic E-state index is -0.161. The summed E-state index contributed by atoms with van der Waals surface area (Å²) in [6, 6.07) is 22.2. The molecule has 3 aromatic heterocycles. The van der Waals surface area contributed by atoms with Gasteiger partial charge in [0.1, 0.15) is 11.3 Å². The number of aromatic nitrogens is 5. The van der Waals surface area contributed by atoms with Crippen LogP contribution in [0.4, 0.5) is 5.82 Å². The zero-order valence-electron chi connectivity index (χ0n) is 18.1. The second-order valence-corrected chi connectivity index (χ2v) is 8.67. The van der Waals surface area contributed by atoms with Crippen LogP contribution in [-0.4, -0.2) is 36.4 Å². The molecule has 0 unspecified atom stereocenters. The van der Waals surface area contributed by atoms with Gasteiger partial charge in [-0.05, 0) is 42.7 Å². The second kappa shape index (κ2) is 9.38. The van der Waals surface area contributed by atoms with Crippen LogP contribution in [0.3, 0.4) is 0 Å². The van der Waals surface area contributed by atoms with Gasteiger partial charge in [0.05, 0.1) is 11.3 Å². The highest BCUT2D eigenvalue weighted by atomic mass is 32.2. The van der Waals surface area contributed by atoms with E-state index in [1.165, 1.54) is 17.3 Å². The van der Waals surface area contributed by atoms with Crippen LogP contribution in [0.25, 0.3) is 22.1 Å². The fourth-order valence-corrected chi connectivity index (χ4v) is 4.36. The van der Waals surface area contributed by atoms with Crippen molar-refractivity contribution >= 4 is 45.6 Å². The molecule has 164 valence electrons. The molecule has 2 aromatic carbocycles.